The Hall–Kier alpha value is -2.82. The predicted octanol–water partition coefficient (Wildman–Crippen LogP) is 2.85. The number of fused-ring (bicyclic) bond motifs is 3. The van der Waals surface area contributed by atoms with Crippen LogP contribution >= 0.6 is 0 Å². The maximum absolute atomic E-state index is 12.6. The average molecular weight is 336 g/mol. The third-order valence-corrected chi connectivity index (χ3v) is 4.98. The molecule has 25 heavy (non-hydrogen) atoms. The van der Waals surface area contributed by atoms with Gasteiger partial charge in [0.25, 0.3) is 0 Å². The van der Waals surface area contributed by atoms with Crippen LogP contribution in [0.5, 0.6) is 0 Å². The molecular weight excluding hydrogens is 316 g/mol. The molecule has 1 saturated heterocycles. The number of hydrogen-bond donors (Lipinski definition) is 1. The number of hydrogen-bond acceptors (Lipinski definition) is 3. The Morgan fingerprint density at radius 2 is 2.00 bits per heavy atom. The van der Waals surface area contributed by atoms with E-state index in [2.05, 4.69) is 12.1 Å². The van der Waals surface area contributed by atoms with Gasteiger partial charge in [0.1, 0.15) is 11.3 Å². The minimum atomic E-state index is -0.326. The molecule has 5 nitrogen and oxygen atoms in total. The molecule has 3 aromatic rings. The van der Waals surface area contributed by atoms with Crippen LogP contribution in [0.1, 0.15) is 18.6 Å². The van der Waals surface area contributed by atoms with E-state index < -0.39 is 0 Å². The number of nitrogens with zero attached hydrogens (tertiary/aromatic N) is 1. The van der Waals surface area contributed by atoms with Gasteiger partial charge in [-0.3, -0.25) is 9.59 Å². The van der Waals surface area contributed by atoms with Crippen LogP contribution in [0.15, 0.2) is 46.9 Å². The van der Waals surface area contributed by atoms with Gasteiger partial charge in [0.05, 0.1) is 12.3 Å². The Kier molecular flexibility index (Phi) is 3.92. The molecule has 1 aliphatic heterocycles. The summed E-state index contributed by atoms with van der Waals surface area (Å²) >= 11 is 0. The molecule has 2 heterocycles. The van der Waals surface area contributed by atoms with Gasteiger partial charge in [0.2, 0.25) is 11.8 Å². The zero-order chi connectivity index (χ0) is 17.4. The van der Waals surface area contributed by atoms with Crippen molar-refractivity contribution in [2.24, 2.45) is 11.7 Å². The van der Waals surface area contributed by atoms with Crippen LogP contribution in [-0.4, -0.2) is 29.8 Å². The number of carbonyl (C=O) groups excluding carboxylic acids is 2. The highest BCUT2D eigenvalue weighted by molar-refractivity contribution is 6.06. The van der Waals surface area contributed by atoms with Crippen LogP contribution in [-0.2, 0) is 16.0 Å². The summed E-state index contributed by atoms with van der Waals surface area (Å²) in [7, 11) is 0. The molecule has 2 amide bonds. The van der Waals surface area contributed by atoms with E-state index in [1.165, 1.54) is 0 Å². The van der Waals surface area contributed by atoms with Gasteiger partial charge in [-0.05, 0) is 35.7 Å². The Balaban J connectivity index is 1.57. The summed E-state index contributed by atoms with van der Waals surface area (Å²) in [5, 5.41) is 3.29. The largest absolute Gasteiger partial charge is 0.461 e. The highest BCUT2D eigenvalue weighted by Gasteiger charge is 2.27. The average Bonchev–Trinajstić information content (AvgIpc) is 3.04. The Labute approximate surface area is 145 Å². The van der Waals surface area contributed by atoms with E-state index in [-0.39, 0.29) is 24.2 Å². The van der Waals surface area contributed by atoms with Crippen molar-refractivity contribution in [2.45, 2.75) is 19.3 Å². The molecule has 2 aromatic carbocycles. The van der Waals surface area contributed by atoms with Crippen molar-refractivity contribution in [3.63, 3.8) is 0 Å². The van der Waals surface area contributed by atoms with E-state index in [4.69, 9.17) is 10.2 Å². The topological polar surface area (TPSA) is 76.5 Å². The second kappa shape index (κ2) is 6.24. The fourth-order valence-electron chi connectivity index (χ4n) is 3.63. The molecule has 0 aliphatic carbocycles. The van der Waals surface area contributed by atoms with Gasteiger partial charge in [-0.25, -0.2) is 0 Å². The molecule has 0 radical (unpaired) electrons. The highest BCUT2D eigenvalue weighted by atomic mass is 16.3. The Morgan fingerprint density at radius 1 is 1.16 bits per heavy atom. The summed E-state index contributed by atoms with van der Waals surface area (Å²) in [6, 6.07) is 14.0. The van der Waals surface area contributed by atoms with Crippen LogP contribution in [0, 0.1) is 5.92 Å². The second-order valence-corrected chi connectivity index (χ2v) is 6.67. The van der Waals surface area contributed by atoms with Crippen LogP contribution in [0.25, 0.3) is 21.7 Å². The highest BCUT2D eigenvalue weighted by Crippen LogP contribution is 2.28. The zero-order valence-electron chi connectivity index (χ0n) is 13.9. The molecule has 1 aromatic heterocycles. The number of carbonyl (C=O) groups is 2. The molecule has 0 spiro atoms. The molecule has 1 aliphatic rings. The lowest BCUT2D eigenvalue weighted by molar-refractivity contribution is -0.134. The first-order valence-electron chi connectivity index (χ1n) is 8.59. The third kappa shape index (κ3) is 2.97. The molecule has 1 atom stereocenters. The van der Waals surface area contributed by atoms with Gasteiger partial charge < -0.3 is 15.1 Å². The molecule has 0 bridgehead atoms. The number of benzene rings is 2. The first-order valence-corrected chi connectivity index (χ1v) is 8.59. The zero-order valence-corrected chi connectivity index (χ0v) is 13.9. The third-order valence-electron chi connectivity index (χ3n) is 4.98. The Bertz CT molecular complexity index is 960. The van der Waals surface area contributed by atoms with E-state index >= 15 is 0 Å². The number of furan rings is 1. The molecule has 4 rings (SSSR count). The summed E-state index contributed by atoms with van der Waals surface area (Å²) in [6.45, 7) is 1.09. The standard InChI is InChI=1S/C20H20N2O3/c21-20(24)14-5-3-9-22(12-14)19(23)11-15-10-17-16-6-2-1-4-13(16)7-8-18(17)25-15/h1-2,4,6-8,10,14H,3,5,9,11-12H2,(H2,21,24). The van der Waals surface area contributed by atoms with Crippen LogP contribution in [0.4, 0.5) is 0 Å². The van der Waals surface area contributed by atoms with Gasteiger partial charge in [-0.2, -0.15) is 0 Å². The lowest BCUT2D eigenvalue weighted by Gasteiger charge is -2.31. The molecule has 0 saturated carbocycles. The van der Waals surface area contributed by atoms with Crippen LogP contribution in [0.3, 0.4) is 0 Å². The lowest BCUT2D eigenvalue weighted by Crippen LogP contribution is -2.44. The summed E-state index contributed by atoms with van der Waals surface area (Å²) in [5.41, 5.74) is 6.18. The molecule has 128 valence electrons. The molecule has 2 N–H and O–H groups in total. The van der Waals surface area contributed by atoms with E-state index in [9.17, 15) is 9.59 Å². The van der Waals surface area contributed by atoms with E-state index in [1.54, 1.807) is 4.90 Å². The maximum atomic E-state index is 12.6. The summed E-state index contributed by atoms with van der Waals surface area (Å²) < 4.78 is 5.87. The molecule has 5 heteroatoms. The fourth-order valence-corrected chi connectivity index (χ4v) is 3.63. The summed E-state index contributed by atoms with van der Waals surface area (Å²) in [5.74, 6) is 0.0666. The van der Waals surface area contributed by atoms with Crippen molar-refractivity contribution in [3.05, 3.63) is 48.2 Å². The van der Waals surface area contributed by atoms with Crippen molar-refractivity contribution >= 4 is 33.6 Å². The smallest absolute Gasteiger partial charge is 0.230 e. The molecule has 1 fully saturated rings. The normalized spacial score (nSPS) is 17.9. The van der Waals surface area contributed by atoms with Crippen molar-refractivity contribution in [3.8, 4) is 0 Å². The van der Waals surface area contributed by atoms with E-state index in [0.717, 1.165) is 34.6 Å². The fraction of sp³-hybridized carbons (Fsp3) is 0.300. The number of amides is 2. The van der Waals surface area contributed by atoms with Crippen molar-refractivity contribution in [2.75, 3.05) is 13.1 Å². The number of rotatable bonds is 3. The summed E-state index contributed by atoms with van der Waals surface area (Å²) in [6.07, 6.45) is 1.77. The van der Waals surface area contributed by atoms with Crippen LogP contribution in [0.2, 0.25) is 0 Å². The van der Waals surface area contributed by atoms with Gasteiger partial charge in [0.15, 0.2) is 0 Å². The van der Waals surface area contributed by atoms with E-state index in [0.29, 0.717) is 18.8 Å². The maximum Gasteiger partial charge on any atom is 0.230 e. The van der Waals surface area contributed by atoms with Crippen molar-refractivity contribution in [1.29, 1.82) is 0 Å². The van der Waals surface area contributed by atoms with Crippen molar-refractivity contribution in [1.82, 2.24) is 4.90 Å². The van der Waals surface area contributed by atoms with Crippen LogP contribution < -0.4 is 5.73 Å². The minimum Gasteiger partial charge on any atom is -0.461 e. The number of nitrogens with two attached hydrogens (primary N) is 1. The number of primary amides is 1. The minimum absolute atomic E-state index is 0.0192. The monoisotopic (exact) mass is 336 g/mol. The lowest BCUT2D eigenvalue weighted by atomic mass is 9.97. The quantitative estimate of drug-likeness (QED) is 0.799. The van der Waals surface area contributed by atoms with Gasteiger partial charge in [0, 0.05) is 18.5 Å². The number of piperidine rings is 1. The van der Waals surface area contributed by atoms with Gasteiger partial charge in [-0.1, -0.05) is 30.3 Å². The van der Waals surface area contributed by atoms with Crippen molar-refractivity contribution < 1.29 is 14.0 Å². The Morgan fingerprint density at radius 3 is 2.84 bits per heavy atom. The van der Waals surface area contributed by atoms with Gasteiger partial charge >= 0.3 is 0 Å². The predicted molar refractivity (Wildman–Crippen MR) is 95.9 cm³/mol. The van der Waals surface area contributed by atoms with E-state index in [1.807, 2.05) is 30.3 Å². The molecule has 1 unspecified atom stereocenters. The van der Waals surface area contributed by atoms with Gasteiger partial charge in [-0.15, -0.1) is 0 Å². The molecular formula is C20H20N2O3. The first-order chi connectivity index (χ1) is 12.1. The second-order valence-electron chi connectivity index (χ2n) is 6.67. The summed E-state index contributed by atoms with van der Waals surface area (Å²) in [4.78, 5) is 25.7. The first kappa shape index (κ1) is 15.7. The SMILES string of the molecule is NC(=O)C1CCCN(C(=O)Cc2cc3c(ccc4ccccc43)o2)C1. The number of likely N-dealkylation sites (tertiary alicyclic amines) is 1.